The highest BCUT2D eigenvalue weighted by Crippen LogP contribution is 2.33. The third-order valence-electron chi connectivity index (χ3n) is 6.92. The summed E-state index contributed by atoms with van der Waals surface area (Å²) in [5.74, 6) is -1.10. The number of hydrogen-bond acceptors (Lipinski definition) is 9. The number of pyridine rings is 1. The minimum absolute atomic E-state index is 0.124. The Hall–Kier alpha value is -4.94. The molecule has 0 fully saturated rings. The molecule has 0 bridgehead atoms. The van der Waals surface area contributed by atoms with Gasteiger partial charge >= 0.3 is 5.97 Å². The van der Waals surface area contributed by atoms with Crippen molar-refractivity contribution in [3.8, 4) is 17.1 Å². The monoisotopic (exact) mass is 589 g/mol. The predicted molar refractivity (Wildman–Crippen MR) is 156 cm³/mol. The highest BCUT2D eigenvalue weighted by molar-refractivity contribution is 5.98. The molecule has 12 heteroatoms. The number of hydrogen-bond donors (Lipinski definition) is 5. The van der Waals surface area contributed by atoms with Gasteiger partial charge in [0.2, 0.25) is 11.8 Å². The molecule has 2 atom stereocenters. The molecule has 0 aliphatic carbocycles. The van der Waals surface area contributed by atoms with Crippen LogP contribution < -0.4 is 15.8 Å². The lowest BCUT2D eigenvalue weighted by molar-refractivity contribution is 0.0693. The number of anilines is 1. The first-order valence-electron chi connectivity index (χ1n) is 13.5. The standard InChI is InChI=1S/C20H18FN5O2.C11H14O4/c1-10-18-16(26-20(22)23-10)9-15(25-19(18)27)12-7-6-11(21)8-13(12)14-4-3-5-17(24-14)28-2;12-7-9(13)6-5-8-3-1-2-4-10(8)11(14)15/h3-8,15H,9H2,1-2H3,(H,25,27)(H2,22,23,26);1-4,9,12-13H,5-7H2,(H,14,15)/t15-;9-/m10/s1. The SMILES string of the molecule is COc1cccc(-c2cc(F)ccc2[C@H]2Cc3nc(N)nc(C)c3C(=O)N2)n1.O=C(O)c1ccccc1CC[C@H](O)CO. The van der Waals surface area contributed by atoms with E-state index in [9.17, 15) is 14.0 Å². The number of carbonyl (C=O) groups is 2. The zero-order valence-electron chi connectivity index (χ0n) is 23.6. The molecule has 6 N–H and O–H groups in total. The average molecular weight is 590 g/mol. The largest absolute Gasteiger partial charge is 0.481 e. The number of halogens is 1. The number of aromatic nitrogens is 3. The molecule has 0 radical (unpaired) electrons. The number of nitrogens with zero attached hydrogens (tertiary/aromatic N) is 3. The predicted octanol–water partition coefficient (Wildman–Crippen LogP) is 3.27. The molecule has 1 aliphatic rings. The summed E-state index contributed by atoms with van der Waals surface area (Å²) in [6.07, 6.45) is 0.439. The Morgan fingerprint density at radius 2 is 1.91 bits per heavy atom. The Morgan fingerprint density at radius 1 is 1.14 bits per heavy atom. The van der Waals surface area contributed by atoms with E-state index >= 15 is 0 Å². The molecule has 0 saturated heterocycles. The number of aromatic carboxylic acids is 1. The lowest BCUT2D eigenvalue weighted by atomic mass is 9.90. The molecular weight excluding hydrogens is 557 g/mol. The minimum atomic E-state index is -0.968. The average Bonchev–Trinajstić information content (AvgIpc) is 2.99. The van der Waals surface area contributed by atoms with Crippen LogP contribution in [0.5, 0.6) is 5.88 Å². The van der Waals surface area contributed by atoms with E-state index in [1.165, 1.54) is 25.3 Å². The zero-order valence-corrected chi connectivity index (χ0v) is 23.6. The van der Waals surface area contributed by atoms with E-state index in [0.717, 1.165) is 5.56 Å². The fraction of sp³-hybridized carbons (Fsp3) is 0.258. The molecule has 0 saturated carbocycles. The molecule has 224 valence electrons. The van der Waals surface area contributed by atoms with Crippen molar-refractivity contribution in [2.75, 3.05) is 19.5 Å². The van der Waals surface area contributed by atoms with Crippen LogP contribution in [0, 0.1) is 12.7 Å². The zero-order chi connectivity index (χ0) is 31.1. The Bertz CT molecular complexity index is 1630. The number of aliphatic hydroxyl groups is 2. The highest BCUT2D eigenvalue weighted by atomic mass is 19.1. The number of nitrogens with one attached hydrogen (secondary N) is 1. The number of benzene rings is 2. The Labute approximate surface area is 247 Å². The molecule has 0 spiro atoms. The number of methoxy groups -OCH3 is 1. The topological polar surface area (TPSA) is 181 Å². The van der Waals surface area contributed by atoms with Crippen molar-refractivity contribution in [2.45, 2.75) is 38.3 Å². The Balaban J connectivity index is 0.000000239. The summed E-state index contributed by atoms with van der Waals surface area (Å²) >= 11 is 0. The number of carbonyl (C=O) groups excluding carboxylic acids is 1. The molecule has 2 aromatic carbocycles. The van der Waals surface area contributed by atoms with Crippen LogP contribution in [0.4, 0.5) is 10.3 Å². The lowest BCUT2D eigenvalue weighted by Crippen LogP contribution is -2.37. The number of aliphatic hydroxyl groups excluding tert-OH is 2. The van der Waals surface area contributed by atoms with E-state index in [-0.39, 0.29) is 24.0 Å². The first-order valence-corrected chi connectivity index (χ1v) is 13.5. The van der Waals surface area contributed by atoms with Crippen LogP contribution >= 0.6 is 0 Å². The van der Waals surface area contributed by atoms with Crippen LogP contribution in [-0.2, 0) is 12.8 Å². The van der Waals surface area contributed by atoms with Crippen molar-refractivity contribution in [1.29, 1.82) is 0 Å². The highest BCUT2D eigenvalue weighted by Gasteiger charge is 2.30. The van der Waals surface area contributed by atoms with Crippen LogP contribution in [0.2, 0.25) is 0 Å². The molecule has 2 aromatic heterocycles. The van der Waals surface area contributed by atoms with E-state index in [0.29, 0.717) is 58.9 Å². The van der Waals surface area contributed by atoms with Gasteiger partial charge in [-0.3, -0.25) is 4.79 Å². The van der Waals surface area contributed by atoms with Crippen molar-refractivity contribution >= 4 is 17.8 Å². The number of nitrogens with two attached hydrogens (primary N) is 1. The van der Waals surface area contributed by atoms with Gasteiger partial charge in [0.25, 0.3) is 5.91 Å². The maximum Gasteiger partial charge on any atom is 0.335 e. The van der Waals surface area contributed by atoms with Crippen molar-refractivity contribution in [1.82, 2.24) is 20.3 Å². The van der Waals surface area contributed by atoms with Gasteiger partial charge in [-0.2, -0.15) is 0 Å². The number of nitrogen functional groups attached to an aromatic ring is 1. The molecular formula is C31H32FN5O6. The van der Waals surface area contributed by atoms with Gasteiger partial charge in [-0.15, -0.1) is 0 Å². The third-order valence-corrected chi connectivity index (χ3v) is 6.92. The summed E-state index contributed by atoms with van der Waals surface area (Å²) < 4.78 is 19.2. The van der Waals surface area contributed by atoms with Gasteiger partial charge in [0, 0.05) is 18.1 Å². The maximum atomic E-state index is 14.0. The van der Waals surface area contributed by atoms with Crippen LogP contribution in [-0.4, -0.2) is 62.0 Å². The third kappa shape index (κ3) is 7.48. The van der Waals surface area contributed by atoms with Crippen LogP contribution in [0.25, 0.3) is 11.3 Å². The number of aryl methyl sites for hydroxylation is 2. The molecule has 1 amide bonds. The first kappa shape index (κ1) is 31.0. The van der Waals surface area contributed by atoms with E-state index < -0.39 is 23.9 Å². The second kappa shape index (κ2) is 13.8. The van der Waals surface area contributed by atoms with Crippen molar-refractivity contribution in [3.05, 3.63) is 100 Å². The molecule has 4 aromatic rings. The minimum Gasteiger partial charge on any atom is -0.481 e. The number of carboxylic acids is 1. The van der Waals surface area contributed by atoms with E-state index in [1.807, 2.05) is 0 Å². The van der Waals surface area contributed by atoms with Gasteiger partial charge in [0.1, 0.15) is 5.82 Å². The van der Waals surface area contributed by atoms with Gasteiger partial charge < -0.3 is 31.1 Å². The molecule has 11 nitrogen and oxygen atoms in total. The lowest BCUT2D eigenvalue weighted by Gasteiger charge is -2.27. The second-order valence-electron chi connectivity index (χ2n) is 9.85. The quantitative estimate of drug-likeness (QED) is 0.205. The molecule has 3 heterocycles. The van der Waals surface area contributed by atoms with Gasteiger partial charge in [-0.05, 0) is 55.2 Å². The van der Waals surface area contributed by atoms with Gasteiger partial charge in [-0.1, -0.05) is 30.3 Å². The van der Waals surface area contributed by atoms with Crippen molar-refractivity contribution in [3.63, 3.8) is 0 Å². The van der Waals surface area contributed by atoms with Gasteiger partial charge in [0.15, 0.2) is 0 Å². The number of ether oxygens (including phenoxy) is 1. The molecule has 1 aliphatic heterocycles. The van der Waals surface area contributed by atoms with E-state index in [1.54, 1.807) is 49.4 Å². The van der Waals surface area contributed by atoms with Crippen molar-refractivity contribution < 1.29 is 34.0 Å². The Kier molecular flexibility index (Phi) is 9.96. The number of amides is 1. The summed E-state index contributed by atoms with van der Waals surface area (Å²) in [5.41, 5.74) is 10.1. The fourth-order valence-electron chi connectivity index (χ4n) is 4.85. The van der Waals surface area contributed by atoms with Crippen LogP contribution in [0.1, 0.15) is 55.7 Å². The Morgan fingerprint density at radius 3 is 2.63 bits per heavy atom. The summed E-state index contributed by atoms with van der Waals surface area (Å²) in [4.78, 5) is 36.2. The fourth-order valence-corrected chi connectivity index (χ4v) is 4.85. The summed E-state index contributed by atoms with van der Waals surface area (Å²) in [7, 11) is 1.52. The number of rotatable bonds is 8. The summed E-state index contributed by atoms with van der Waals surface area (Å²) in [5, 5.41) is 29.6. The molecule has 0 unspecified atom stereocenters. The van der Waals surface area contributed by atoms with Crippen LogP contribution in [0.15, 0.2) is 60.7 Å². The maximum absolute atomic E-state index is 14.0. The summed E-state index contributed by atoms with van der Waals surface area (Å²) in [6.45, 7) is 1.43. The normalized spacial score (nSPS) is 14.5. The second-order valence-corrected chi connectivity index (χ2v) is 9.85. The van der Waals surface area contributed by atoms with Crippen LogP contribution in [0.3, 0.4) is 0 Å². The molecule has 43 heavy (non-hydrogen) atoms. The van der Waals surface area contributed by atoms with Gasteiger partial charge in [0.05, 0.1) is 54.1 Å². The molecule has 5 rings (SSSR count). The smallest absolute Gasteiger partial charge is 0.335 e. The first-order chi connectivity index (χ1) is 20.6. The van der Waals surface area contributed by atoms with E-state index in [4.69, 9.17) is 25.8 Å². The van der Waals surface area contributed by atoms with Gasteiger partial charge in [-0.25, -0.2) is 24.1 Å². The van der Waals surface area contributed by atoms with Crippen molar-refractivity contribution in [2.24, 2.45) is 0 Å². The van der Waals surface area contributed by atoms with E-state index in [2.05, 4.69) is 20.3 Å². The number of carboxylic acid groups (broad SMARTS) is 1. The summed E-state index contributed by atoms with van der Waals surface area (Å²) in [6, 6.07) is 15.9. The number of fused-ring (bicyclic) bond motifs is 1.